The molecule has 0 fully saturated rings. The van der Waals surface area contributed by atoms with Gasteiger partial charge in [-0.05, 0) is 0 Å². The Balaban J connectivity index is -0.000000180. The summed E-state index contributed by atoms with van der Waals surface area (Å²) in [6, 6.07) is 0. The third-order valence-electron chi connectivity index (χ3n) is 0.302. The van der Waals surface area contributed by atoms with Crippen LogP contribution >= 0.6 is 0 Å². The zero-order chi connectivity index (χ0) is 5.86. The molecule has 0 amide bonds. The van der Waals surface area contributed by atoms with E-state index in [2.05, 4.69) is 0 Å². The maximum atomic E-state index is 9.43. The first kappa shape index (κ1) is 16.2. The first-order chi connectivity index (χ1) is 3.13. The van der Waals surface area contributed by atoms with Crippen LogP contribution in [0.5, 0.6) is 0 Å². The Morgan fingerprint density at radius 3 is 1.22 bits per heavy atom. The van der Waals surface area contributed by atoms with E-state index in [-0.39, 0.29) is 44.8 Å². The Hall–Kier alpha value is 0.421. The molecule has 0 aromatic carbocycles. The molecule has 0 saturated heterocycles. The summed E-state index contributed by atoms with van der Waals surface area (Å²) in [5.74, 6) is -2.62. The van der Waals surface area contributed by atoms with Gasteiger partial charge in [0, 0.05) is 0 Å². The summed E-state index contributed by atoms with van der Waals surface area (Å²) in [6.07, 6.45) is -0.806. The smallest absolute Gasteiger partial charge is 0.481 e. The first-order valence-corrected chi connectivity index (χ1v) is 1.56. The average molecular weight is 320 g/mol. The van der Waals surface area contributed by atoms with Crippen LogP contribution in [0.2, 0.25) is 0 Å². The van der Waals surface area contributed by atoms with E-state index in [0.29, 0.717) is 0 Å². The van der Waals surface area contributed by atoms with Gasteiger partial charge in [-0.15, -0.1) is 0 Å². The minimum atomic E-state index is -1.31. The van der Waals surface area contributed by atoms with Gasteiger partial charge in [0.1, 0.15) is 6.42 Å². The molecule has 0 radical (unpaired) electrons. The maximum absolute atomic E-state index is 9.43. The van der Waals surface area contributed by atoms with Crippen molar-refractivity contribution in [1.29, 1.82) is 0 Å². The molecule has 60 valence electrons. The second kappa shape index (κ2) is 8.42. The van der Waals surface area contributed by atoms with Gasteiger partial charge in [0.25, 0.3) is 0 Å². The number of carbonyl (C=O) groups is 2. The van der Waals surface area contributed by atoms with Gasteiger partial charge >= 0.3 is 56.7 Å². The third-order valence-corrected chi connectivity index (χ3v) is 0.302. The van der Waals surface area contributed by atoms with E-state index in [0.717, 1.165) is 0 Å². The van der Waals surface area contributed by atoms with Crippen LogP contribution in [-0.2, 0) is 54.3 Å². The van der Waals surface area contributed by atoms with Gasteiger partial charge in [0.05, 0.1) is 0 Å². The molecule has 6 heteroatoms. The second-order valence-electron chi connectivity index (χ2n) is 0.964. The molecule has 9 heavy (non-hydrogen) atoms. The van der Waals surface area contributed by atoms with Gasteiger partial charge in [-0.3, -0.25) is 9.59 Å². The van der Waals surface area contributed by atoms with Crippen LogP contribution < -0.4 is 0 Å². The quantitative estimate of drug-likeness (QED) is 0.533. The van der Waals surface area contributed by atoms with E-state index in [9.17, 15) is 9.59 Å². The van der Waals surface area contributed by atoms with Gasteiger partial charge < -0.3 is 10.2 Å². The molecule has 2 N–H and O–H groups in total. The molecule has 0 aliphatic carbocycles. The molecule has 0 aliphatic rings. The van der Waals surface area contributed by atoms with Crippen LogP contribution in [0.15, 0.2) is 0 Å². The monoisotopic (exact) mass is 318 g/mol. The van der Waals surface area contributed by atoms with Crippen LogP contribution in [-0.4, -0.2) is 22.2 Å². The van der Waals surface area contributed by atoms with Crippen molar-refractivity contribution in [2.24, 2.45) is 0 Å². The van der Waals surface area contributed by atoms with E-state index in [1.54, 1.807) is 0 Å². The number of rotatable bonds is 2. The van der Waals surface area contributed by atoms with Crippen LogP contribution in [0.3, 0.4) is 0 Å². The molecule has 4 nitrogen and oxygen atoms in total. The summed E-state index contributed by atoms with van der Waals surface area (Å²) < 4.78 is 0. The van der Waals surface area contributed by atoms with Crippen LogP contribution in [0.1, 0.15) is 6.42 Å². The van der Waals surface area contributed by atoms with E-state index >= 15 is 0 Å². The number of hydrogen-bond donors (Lipinski definition) is 2. The normalized spacial score (nSPS) is 6.22. The van der Waals surface area contributed by atoms with Crippen molar-refractivity contribution in [3.8, 4) is 0 Å². The van der Waals surface area contributed by atoms with Gasteiger partial charge in [0.2, 0.25) is 0 Å². The van der Waals surface area contributed by atoms with Crippen LogP contribution in [0.4, 0.5) is 0 Å². The van der Waals surface area contributed by atoms with E-state index in [4.69, 9.17) is 10.2 Å². The number of carboxylic acids is 2. The molecule has 0 aromatic heterocycles. The SMILES string of the molecule is O=C(O)CC(=O)O.[Ag+].[Ag+]. The molecule has 0 saturated carbocycles. The topological polar surface area (TPSA) is 74.6 Å². The fourth-order valence-corrected chi connectivity index (χ4v) is 0.129. The van der Waals surface area contributed by atoms with Crippen molar-refractivity contribution in [2.75, 3.05) is 0 Å². The molecule has 0 aliphatic heterocycles. The molecule has 0 spiro atoms. The Labute approximate surface area is 82.6 Å². The molecule has 0 rings (SSSR count). The minimum absolute atomic E-state index is 0. The zero-order valence-electron chi connectivity index (χ0n) is 4.02. The second-order valence-corrected chi connectivity index (χ2v) is 0.964. The van der Waals surface area contributed by atoms with E-state index in [1.165, 1.54) is 0 Å². The van der Waals surface area contributed by atoms with Gasteiger partial charge in [-0.25, -0.2) is 0 Å². The Kier molecular flexibility index (Phi) is 15.2. The van der Waals surface area contributed by atoms with Crippen LogP contribution in [0, 0.1) is 0 Å². The summed E-state index contributed by atoms with van der Waals surface area (Å²) >= 11 is 0. The molecule has 0 bridgehead atoms. The average Bonchev–Trinajstić information content (AvgIpc) is 1.27. The Morgan fingerprint density at radius 2 is 1.22 bits per heavy atom. The standard InChI is InChI=1S/C3H4O4.2Ag/c4-2(5)1-3(6)7;;/h1H2,(H,4,5)(H,6,7);;/q;2*+1. The maximum Gasteiger partial charge on any atom is 1.00 e. The Bertz CT molecular complexity index is 90.0. The molecule has 0 atom stereocenters. The molecular weight excluding hydrogens is 316 g/mol. The van der Waals surface area contributed by atoms with Crippen molar-refractivity contribution in [2.45, 2.75) is 6.42 Å². The fraction of sp³-hybridized carbons (Fsp3) is 0.333. The van der Waals surface area contributed by atoms with Gasteiger partial charge in [-0.2, -0.15) is 0 Å². The predicted octanol–water partition coefficient (Wildman–Crippen LogP) is -0.459. The fourth-order valence-electron chi connectivity index (χ4n) is 0.129. The van der Waals surface area contributed by atoms with Crippen molar-refractivity contribution >= 4 is 11.9 Å². The van der Waals surface area contributed by atoms with Crippen molar-refractivity contribution in [3.05, 3.63) is 0 Å². The molecular formula is C3H4Ag2O4+2. The molecule has 0 unspecified atom stereocenters. The Morgan fingerprint density at radius 1 is 1.00 bits per heavy atom. The van der Waals surface area contributed by atoms with E-state index < -0.39 is 18.4 Å². The van der Waals surface area contributed by atoms with Gasteiger partial charge in [0.15, 0.2) is 0 Å². The summed E-state index contributed by atoms with van der Waals surface area (Å²) in [4.78, 5) is 18.9. The summed E-state index contributed by atoms with van der Waals surface area (Å²) in [5, 5.41) is 15.4. The largest absolute Gasteiger partial charge is 1.00 e. The van der Waals surface area contributed by atoms with E-state index in [1.807, 2.05) is 0 Å². The first-order valence-electron chi connectivity index (χ1n) is 1.56. The third kappa shape index (κ3) is 17.8. The zero-order valence-corrected chi connectivity index (χ0v) is 6.99. The summed E-state index contributed by atoms with van der Waals surface area (Å²) in [6.45, 7) is 0. The summed E-state index contributed by atoms with van der Waals surface area (Å²) in [7, 11) is 0. The number of hydrogen-bond acceptors (Lipinski definition) is 2. The van der Waals surface area contributed by atoms with Gasteiger partial charge in [-0.1, -0.05) is 0 Å². The van der Waals surface area contributed by atoms with Crippen LogP contribution in [0.25, 0.3) is 0 Å². The predicted molar refractivity (Wildman–Crippen MR) is 19.9 cm³/mol. The van der Waals surface area contributed by atoms with Crippen molar-refractivity contribution in [1.82, 2.24) is 0 Å². The van der Waals surface area contributed by atoms with Crippen molar-refractivity contribution < 1.29 is 64.6 Å². The number of aliphatic carboxylic acids is 2. The summed E-state index contributed by atoms with van der Waals surface area (Å²) in [5.41, 5.74) is 0. The molecule has 0 aromatic rings. The number of carboxylic acid groups (broad SMARTS) is 2. The molecule has 0 heterocycles. The minimum Gasteiger partial charge on any atom is -0.481 e. The van der Waals surface area contributed by atoms with Crippen molar-refractivity contribution in [3.63, 3.8) is 0 Å².